The Kier molecular flexibility index (Phi) is 18.8. The lowest BCUT2D eigenvalue weighted by molar-refractivity contribution is -0.276. The molecule has 2 aromatic rings. The van der Waals surface area contributed by atoms with Gasteiger partial charge in [0.2, 0.25) is 0 Å². The van der Waals surface area contributed by atoms with Gasteiger partial charge in [-0.3, -0.25) is 0 Å². The lowest BCUT2D eigenvalue weighted by Gasteiger charge is -2.43. The molecule has 3 rings (SSSR count). The Labute approximate surface area is 285 Å². The summed E-state index contributed by atoms with van der Waals surface area (Å²) in [6, 6.07) is 16.2. The number of alkyl carbamates (subject to hydrolysis) is 1. The molecular weight excluding hydrogens is 588 g/mol. The van der Waals surface area contributed by atoms with E-state index in [2.05, 4.69) is 49.7 Å². The number of benzene rings is 2. The third-order valence-electron chi connectivity index (χ3n) is 9.24. The molecule has 0 saturated carbocycles. The second-order valence-corrected chi connectivity index (χ2v) is 13.1. The maximum absolute atomic E-state index is 11.9. The minimum Gasteiger partial charge on any atom is -0.445 e. The minimum absolute atomic E-state index is 0.00238. The van der Waals surface area contributed by atoms with Crippen molar-refractivity contribution in [2.75, 3.05) is 26.2 Å². The molecule has 1 amide bonds. The summed E-state index contributed by atoms with van der Waals surface area (Å²) in [7, 11) is 0. The molecule has 0 unspecified atom stereocenters. The molecule has 0 radical (unpaired) electrons. The Morgan fingerprint density at radius 1 is 0.830 bits per heavy atom. The van der Waals surface area contributed by atoms with Crippen LogP contribution >= 0.6 is 0 Å². The van der Waals surface area contributed by atoms with E-state index in [1.54, 1.807) is 6.08 Å². The Bertz CT molecular complexity index is 1110. The molecule has 1 heterocycles. The van der Waals surface area contributed by atoms with E-state index in [9.17, 15) is 9.90 Å². The minimum atomic E-state index is -0.511. The number of hydrogen-bond acceptors (Lipinski definition) is 6. The van der Waals surface area contributed by atoms with E-state index in [0.29, 0.717) is 6.54 Å². The van der Waals surface area contributed by atoms with E-state index in [-0.39, 0.29) is 31.3 Å². The molecule has 0 aromatic heterocycles. The lowest BCUT2D eigenvalue weighted by atomic mass is 9.90. The van der Waals surface area contributed by atoms with Gasteiger partial charge in [-0.1, -0.05) is 146 Å². The Morgan fingerprint density at radius 3 is 1.96 bits per heavy atom. The number of carbonyl (C=O) groups excluding carboxylic acids is 1. The van der Waals surface area contributed by atoms with Crippen molar-refractivity contribution in [2.45, 2.75) is 129 Å². The van der Waals surface area contributed by atoms with Crippen molar-refractivity contribution in [1.82, 2.24) is 10.2 Å². The maximum Gasteiger partial charge on any atom is 0.407 e. The summed E-state index contributed by atoms with van der Waals surface area (Å²) in [4.78, 5) is 14.5. The smallest absolute Gasteiger partial charge is 0.407 e. The van der Waals surface area contributed by atoms with Gasteiger partial charge >= 0.3 is 6.09 Å². The fourth-order valence-electron chi connectivity index (χ4n) is 6.26. The van der Waals surface area contributed by atoms with Crippen molar-refractivity contribution < 1.29 is 24.1 Å². The fraction of sp³-hybridized carbons (Fsp3) is 0.625. The summed E-state index contributed by atoms with van der Waals surface area (Å²) in [6.07, 6.45) is 16.0. The number of aliphatic hydroxyl groups excluding tert-OH is 1. The highest BCUT2D eigenvalue weighted by molar-refractivity contribution is 5.67. The highest BCUT2D eigenvalue weighted by atomic mass is 16.7. The van der Waals surface area contributed by atoms with Gasteiger partial charge in [0.25, 0.3) is 0 Å². The number of aliphatic hydroxyl groups is 1. The summed E-state index contributed by atoms with van der Waals surface area (Å²) < 4.78 is 18.5. The predicted octanol–water partition coefficient (Wildman–Crippen LogP) is 9.41. The standard InChI is InChI=1S/C40H62N2O5/c1-5-8-10-12-14-16-26-42(27-17-15-13-11-9-6-2)30-37-32(4)38(35-22-20-34(31-43)21-23-35)47-39(46-37)36-24-18-33(19-25-36)29-41-40(44)45-28-7-3/h7,18-25,32,37-39,43H,3,5-6,8-17,26-31H2,1-2,4H3,(H,41,44)/t32-,37+,38+,39+/m1/s1. The van der Waals surface area contributed by atoms with Crippen LogP contribution in [0.2, 0.25) is 0 Å². The normalized spacial score (nSPS) is 19.5. The van der Waals surface area contributed by atoms with Crippen LogP contribution in [-0.4, -0.2) is 48.4 Å². The number of rotatable bonds is 23. The van der Waals surface area contributed by atoms with Crippen LogP contribution in [-0.2, 0) is 27.4 Å². The molecule has 0 bridgehead atoms. The summed E-state index contributed by atoms with van der Waals surface area (Å²) in [5.74, 6) is 0.146. The van der Waals surface area contributed by atoms with Gasteiger partial charge in [-0.05, 0) is 42.6 Å². The predicted molar refractivity (Wildman–Crippen MR) is 191 cm³/mol. The van der Waals surface area contributed by atoms with Crippen molar-refractivity contribution in [3.63, 3.8) is 0 Å². The lowest BCUT2D eigenvalue weighted by Crippen LogP contribution is -2.45. The molecule has 1 saturated heterocycles. The summed E-state index contributed by atoms with van der Waals surface area (Å²) in [5.41, 5.74) is 3.91. The van der Waals surface area contributed by atoms with Crippen molar-refractivity contribution in [3.8, 4) is 0 Å². The number of nitrogens with one attached hydrogen (secondary N) is 1. The van der Waals surface area contributed by atoms with Crippen LogP contribution in [0.3, 0.4) is 0 Å². The van der Waals surface area contributed by atoms with E-state index >= 15 is 0 Å². The molecule has 2 aromatic carbocycles. The molecule has 1 fully saturated rings. The fourth-order valence-corrected chi connectivity index (χ4v) is 6.26. The first-order chi connectivity index (χ1) is 23.0. The van der Waals surface area contributed by atoms with E-state index in [0.717, 1.165) is 41.9 Å². The average Bonchev–Trinajstić information content (AvgIpc) is 3.10. The number of unbranched alkanes of at least 4 members (excludes halogenated alkanes) is 10. The zero-order valence-corrected chi connectivity index (χ0v) is 29.5. The van der Waals surface area contributed by atoms with Gasteiger partial charge in [-0.15, -0.1) is 0 Å². The van der Waals surface area contributed by atoms with Crippen LogP contribution in [0.5, 0.6) is 0 Å². The highest BCUT2D eigenvalue weighted by Crippen LogP contribution is 2.42. The van der Waals surface area contributed by atoms with Crippen molar-refractivity contribution >= 4 is 6.09 Å². The molecule has 47 heavy (non-hydrogen) atoms. The molecule has 7 heteroatoms. The van der Waals surface area contributed by atoms with Crippen LogP contribution in [0.15, 0.2) is 61.2 Å². The van der Waals surface area contributed by atoms with E-state index in [1.165, 1.54) is 77.0 Å². The quantitative estimate of drug-likeness (QED) is 0.0922. The second-order valence-electron chi connectivity index (χ2n) is 13.1. The van der Waals surface area contributed by atoms with Crippen LogP contribution in [0.1, 0.15) is 132 Å². The Balaban J connectivity index is 1.74. The largest absolute Gasteiger partial charge is 0.445 e. The van der Waals surface area contributed by atoms with Crippen LogP contribution in [0.25, 0.3) is 0 Å². The van der Waals surface area contributed by atoms with Gasteiger partial charge in [0.05, 0.1) is 18.8 Å². The van der Waals surface area contributed by atoms with E-state index in [1.807, 2.05) is 36.4 Å². The first kappa shape index (κ1) is 38.7. The molecule has 262 valence electrons. The monoisotopic (exact) mass is 650 g/mol. The number of nitrogens with zero attached hydrogens (tertiary/aromatic N) is 1. The SMILES string of the molecule is C=CCOC(=O)NCc1ccc([C@H]2O[C@@H](CN(CCCCCCCC)CCCCCCCC)[C@@H](C)[C@@H](c3ccc(CO)cc3)O2)cc1. The topological polar surface area (TPSA) is 80.3 Å². The van der Waals surface area contributed by atoms with E-state index < -0.39 is 12.4 Å². The maximum atomic E-state index is 11.9. The zero-order chi connectivity index (χ0) is 33.7. The second kappa shape index (κ2) is 22.8. The van der Waals surface area contributed by atoms with Gasteiger partial charge in [0.15, 0.2) is 6.29 Å². The van der Waals surface area contributed by atoms with Crippen molar-refractivity contribution in [3.05, 3.63) is 83.4 Å². The Hall–Kier alpha value is -2.71. The average molecular weight is 651 g/mol. The first-order valence-corrected chi connectivity index (χ1v) is 18.3. The van der Waals surface area contributed by atoms with Crippen LogP contribution in [0.4, 0.5) is 4.79 Å². The van der Waals surface area contributed by atoms with Crippen molar-refractivity contribution in [2.24, 2.45) is 5.92 Å². The Morgan fingerprint density at radius 2 is 1.38 bits per heavy atom. The van der Waals surface area contributed by atoms with Crippen LogP contribution < -0.4 is 5.32 Å². The number of hydrogen-bond donors (Lipinski definition) is 2. The summed E-state index contributed by atoms with van der Waals surface area (Å²) >= 11 is 0. The molecule has 0 spiro atoms. The molecule has 1 aliphatic rings. The number of carbonyl (C=O) groups is 1. The molecule has 1 aliphatic heterocycles. The third kappa shape index (κ3) is 14.1. The molecule has 4 atom stereocenters. The van der Waals surface area contributed by atoms with Gasteiger partial charge in [0.1, 0.15) is 6.61 Å². The van der Waals surface area contributed by atoms with Gasteiger partial charge in [0, 0.05) is 24.6 Å². The zero-order valence-electron chi connectivity index (χ0n) is 29.5. The van der Waals surface area contributed by atoms with Crippen LogP contribution in [0, 0.1) is 5.92 Å². The molecular formula is C40H62N2O5. The molecule has 0 aliphatic carbocycles. The van der Waals surface area contributed by atoms with Gasteiger partial charge in [-0.25, -0.2) is 4.79 Å². The number of ether oxygens (including phenoxy) is 3. The summed E-state index contributed by atoms with van der Waals surface area (Å²) in [5, 5.41) is 12.4. The summed E-state index contributed by atoms with van der Waals surface area (Å²) in [6.45, 7) is 14.0. The van der Waals surface area contributed by atoms with Gasteiger partial charge < -0.3 is 29.5 Å². The molecule has 7 nitrogen and oxygen atoms in total. The first-order valence-electron chi connectivity index (χ1n) is 18.3. The highest BCUT2D eigenvalue weighted by Gasteiger charge is 2.39. The van der Waals surface area contributed by atoms with Gasteiger partial charge in [-0.2, -0.15) is 0 Å². The van der Waals surface area contributed by atoms with E-state index in [4.69, 9.17) is 14.2 Å². The third-order valence-corrected chi connectivity index (χ3v) is 9.24. The number of amides is 1. The van der Waals surface area contributed by atoms with Crippen molar-refractivity contribution in [1.29, 1.82) is 0 Å². The molecule has 2 N–H and O–H groups in total.